The highest BCUT2D eigenvalue weighted by Gasteiger charge is 2.22. The van der Waals surface area contributed by atoms with Crippen LogP contribution in [-0.4, -0.2) is 33.5 Å². The van der Waals surface area contributed by atoms with Gasteiger partial charge in [-0.25, -0.2) is 8.42 Å². The number of nitrogens with two attached hydrogens (primary N) is 1. The van der Waals surface area contributed by atoms with Gasteiger partial charge in [0.2, 0.25) is 0 Å². The van der Waals surface area contributed by atoms with Crippen LogP contribution in [0.1, 0.15) is 24.2 Å². The standard InChI is InChI=1S/C18H23N3O3S/c1-18(2,19)13-20-17(22)14-8-7-11-16(12-14)25(23,24)21(3)15-9-5-4-6-10-15/h4-12H,13,19H2,1-3H3,(H,20,22). The highest BCUT2D eigenvalue weighted by atomic mass is 32.2. The van der Waals surface area contributed by atoms with Gasteiger partial charge in [-0.15, -0.1) is 0 Å². The van der Waals surface area contributed by atoms with Crippen LogP contribution in [0.5, 0.6) is 0 Å². The molecule has 134 valence electrons. The molecule has 7 heteroatoms. The van der Waals surface area contributed by atoms with E-state index in [-0.39, 0.29) is 22.9 Å². The van der Waals surface area contributed by atoms with Crippen LogP contribution in [0.15, 0.2) is 59.5 Å². The summed E-state index contributed by atoms with van der Waals surface area (Å²) in [4.78, 5) is 12.3. The maximum absolute atomic E-state index is 12.8. The Morgan fingerprint density at radius 1 is 1.12 bits per heavy atom. The minimum absolute atomic E-state index is 0.0542. The van der Waals surface area contributed by atoms with E-state index in [1.54, 1.807) is 50.2 Å². The fourth-order valence-electron chi connectivity index (χ4n) is 2.14. The lowest BCUT2D eigenvalue weighted by atomic mass is 10.1. The van der Waals surface area contributed by atoms with E-state index in [9.17, 15) is 13.2 Å². The van der Waals surface area contributed by atoms with Gasteiger partial charge < -0.3 is 11.1 Å². The number of sulfonamides is 1. The number of rotatable bonds is 6. The normalized spacial score (nSPS) is 11.8. The molecule has 0 radical (unpaired) electrons. The number of amides is 1. The van der Waals surface area contributed by atoms with Crippen molar-refractivity contribution >= 4 is 21.6 Å². The van der Waals surface area contributed by atoms with E-state index in [2.05, 4.69) is 5.32 Å². The lowest BCUT2D eigenvalue weighted by Crippen LogP contribution is -2.45. The molecule has 0 saturated heterocycles. The zero-order valence-corrected chi connectivity index (χ0v) is 15.4. The third-order valence-electron chi connectivity index (χ3n) is 3.58. The smallest absolute Gasteiger partial charge is 0.264 e. The van der Waals surface area contributed by atoms with Crippen LogP contribution in [0, 0.1) is 0 Å². The monoisotopic (exact) mass is 361 g/mol. The first-order valence-electron chi connectivity index (χ1n) is 7.82. The number of nitrogens with zero attached hydrogens (tertiary/aromatic N) is 1. The summed E-state index contributed by atoms with van der Waals surface area (Å²) in [5.74, 6) is -0.363. The van der Waals surface area contributed by atoms with E-state index < -0.39 is 15.6 Å². The number of carbonyl (C=O) groups excluding carboxylic acids is 1. The first-order valence-corrected chi connectivity index (χ1v) is 9.26. The summed E-state index contributed by atoms with van der Waals surface area (Å²) in [6, 6.07) is 14.7. The van der Waals surface area contributed by atoms with Crippen molar-refractivity contribution < 1.29 is 13.2 Å². The Balaban J connectivity index is 2.27. The van der Waals surface area contributed by atoms with Gasteiger partial charge in [-0.3, -0.25) is 9.10 Å². The van der Waals surface area contributed by atoms with E-state index in [0.29, 0.717) is 5.69 Å². The molecule has 0 unspecified atom stereocenters. The third kappa shape index (κ3) is 4.80. The largest absolute Gasteiger partial charge is 0.350 e. The highest BCUT2D eigenvalue weighted by molar-refractivity contribution is 7.92. The van der Waals surface area contributed by atoms with Crippen LogP contribution in [-0.2, 0) is 10.0 Å². The zero-order valence-electron chi connectivity index (χ0n) is 14.6. The Morgan fingerprint density at radius 3 is 2.36 bits per heavy atom. The molecule has 0 saturated carbocycles. The summed E-state index contributed by atoms with van der Waals surface area (Å²) in [6.07, 6.45) is 0. The molecule has 25 heavy (non-hydrogen) atoms. The second-order valence-corrected chi connectivity index (χ2v) is 8.48. The number of hydrogen-bond acceptors (Lipinski definition) is 4. The van der Waals surface area contributed by atoms with Crippen molar-refractivity contribution in [2.75, 3.05) is 17.9 Å². The van der Waals surface area contributed by atoms with Crippen LogP contribution < -0.4 is 15.4 Å². The summed E-state index contributed by atoms with van der Waals surface area (Å²) in [7, 11) is -2.28. The first-order chi connectivity index (χ1) is 11.6. The molecule has 2 aromatic rings. The summed E-state index contributed by atoms with van der Waals surface area (Å²) >= 11 is 0. The number of hydrogen-bond donors (Lipinski definition) is 2. The fraction of sp³-hybridized carbons (Fsp3) is 0.278. The lowest BCUT2D eigenvalue weighted by molar-refractivity contribution is 0.0946. The van der Waals surface area contributed by atoms with Crippen molar-refractivity contribution in [2.45, 2.75) is 24.3 Å². The van der Waals surface area contributed by atoms with Crippen molar-refractivity contribution in [2.24, 2.45) is 5.73 Å². The molecular weight excluding hydrogens is 338 g/mol. The Morgan fingerprint density at radius 2 is 1.76 bits per heavy atom. The maximum atomic E-state index is 12.8. The van der Waals surface area contributed by atoms with Gasteiger partial charge in [0.25, 0.3) is 15.9 Å². The summed E-state index contributed by atoms with van der Waals surface area (Å²) in [5.41, 5.74) is 6.11. The van der Waals surface area contributed by atoms with Gasteiger partial charge >= 0.3 is 0 Å². The van der Waals surface area contributed by atoms with Crippen molar-refractivity contribution in [3.8, 4) is 0 Å². The Hall–Kier alpha value is -2.38. The Labute approximate surface area is 148 Å². The van der Waals surface area contributed by atoms with Gasteiger partial charge in [0.15, 0.2) is 0 Å². The summed E-state index contributed by atoms with van der Waals surface area (Å²) < 4.78 is 26.8. The van der Waals surface area contributed by atoms with Gasteiger partial charge in [0.05, 0.1) is 10.6 Å². The van der Waals surface area contributed by atoms with E-state index >= 15 is 0 Å². The van der Waals surface area contributed by atoms with E-state index in [1.165, 1.54) is 23.5 Å². The van der Waals surface area contributed by atoms with Crippen LogP contribution >= 0.6 is 0 Å². The molecule has 1 amide bonds. The predicted octanol–water partition coefficient (Wildman–Crippen LogP) is 1.98. The van der Waals surface area contributed by atoms with Gasteiger partial charge in [0, 0.05) is 24.7 Å². The number of benzene rings is 2. The molecule has 0 atom stereocenters. The second-order valence-electron chi connectivity index (χ2n) is 6.51. The molecule has 2 rings (SSSR count). The maximum Gasteiger partial charge on any atom is 0.264 e. The third-order valence-corrected chi connectivity index (χ3v) is 5.36. The molecule has 0 aromatic heterocycles. The SMILES string of the molecule is CN(c1ccccc1)S(=O)(=O)c1cccc(C(=O)NCC(C)(C)N)c1. The topological polar surface area (TPSA) is 92.5 Å². The predicted molar refractivity (Wildman–Crippen MR) is 99.1 cm³/mol. The van der Waals surface area contributed by atoms with Crippen LogP contribution in [0.3, 0.4) is 0 Å². The van der Waals surface area contributed by atoms with Crippen LogP contribution in [0.25, 0.3) is 0 Å². The van der Waals surface area contributed by atoms with Crippen molar-refractivity contribution in [1.29, 1.82) is 0 Å². The molecule has 2 aromatic carbocycles. The zero-order chi connectivity index (χ0) is 18.7. The lowest BCUT2D eigenvalue weighted by Gasteiger charge is -2.20. The fourth-order valence-corrected chi connectivity index (χ4v) is 3.38. The van der Waals surface area contributed by atoms with E-state index in [0.717, 1.165) is 0 Å². The molecule has 6 nitrogen and oxygen atoms in total. The van der Waals surface area contributed by atoms with E-state index in [4.69, 9.17) is 5.73 Å². The minimum atomic E-state index is -3.76. The molecular formula is C18H23N3O3S. The summed E-state index contributed by atoms with van der Waals surface area (Å²) in [5, 5.41) is 2.71. The average Bonchev–Trinajstić information content (AvgIpc) is 2.59. The number of anilines is 1. The van der Waals surface area contributed by atoms with Crippen LogP contribution in [0.2, 0.25) is 0 Å². The average molecular weight is 361 g/mol. The molecule has 0 aliphatic rings. The Bertz CT molecular complexity index is 843. The number of nitrogens with one attached hydrogen (secondary N) is 1. The first kappa shape index (κ1) is 19.0. The van der Waals surface area contributed by atoms with Gasteiger partial charge in [-0.1, -0.05) is 24.3 Å². The number of carbonyl (C=O) groups is 1. The van der Waals surface area contributed by atoms with Gasteiger partial charge in [0.1, 0.15) is 0 Å². The molecule has 0 spiro atoms. The molecule has 0 fully saturated rings. The van der Waals surface area contributed by atoms with Crippen molar-refractivity contribution in [3.63, 3.8) is 0 Å². The highest BCUT2D eigenvalue weighted by Crippen LogP contribution is 2.22. The Kier molecular flexibility index (Phi) is 5.49. The van der Waals surface area contributed by atoms with Crippen LogP contribution in [0.4, 0.5) is 5.69 Å². The molecule has 0 aliphatic carbocycles. The summed E-state index contributed by atoms with van der Waals surface area (Å²) in [6.45, 7) is 3.87. The second kappa shape index (κ2) is 7.25. The van der Waals surface area contributed by atoms with E-state index in [1.807, 2.05) is 6.07 Å². The molecule has 0 heterocycles. The molecule has 0 aliphatic heterocycles. The minimum Gasteiger partial charge on any atom is -0.350 e. The van der Waals surface area contributed by atoms with Crippen molar-refractivity contribution in [1.82, 2.24) is 5.32 Å². The number of para-hydroxylation sites is 1. The molecule has 0 bridgehead atoms. The quantitative estimate of drug-likeness (QED) is 0.823. The van der Waals surface area contributed by atoms with Crippen molar-refractivity contribution in [3.05, 3.63) is 60.2 Å². The van der Waals surface area contributed by atoms with Gasteiger partial charge in [-0.2, -0.15) is 0 Å². The molecule has 3 N–H and O–H groups in total. The van der Waals surface area contributed by atoms with Gasteiger partial charge in [-0.05, 0) is 44.2 Å².